The fourth-order valence-corrected chi connectivity index (χ4v) is 2.55. The molecule has 0 aliphatic heterocycles. The average molecular weight is 244 g/mol. The Bertz CT molecular complexity index is 450. The second-order valence-electron chi connectivity index (χ2n) is 5.10. The number of nitriles is 1. The van der Waals surface area contributed by atoms with Gasteiger partial charge in [0.25, 0.3) is 0 Å². The van der Waals surface area contributed by atoms with E-state index >= 15 is 0 Å². The summed E-state index contributed by atoms with van der Waals surface area (Å²) < 4.78 is 0. The fourth-order valence-electron chi connectivity index (χ4n) is 2.55. The first-order valence-corrected chi connectivity index (χ1v) is 6.66. The predicted octanol–water partition coefficient (Wildman–Crippen LogP) is 2.97. The summed E-state index contributed by atoms with van der Waals surface area (Å²) in [6.45, 7) is 1.94. The van der Waals surface area contributed by atoms with Gasteiger partial charge in [0.15, 0.2) is 0 Å². The minimum Gasteiger partial charge on any atom is -0.391 e. The molecule has 2 atom stereocenters. The third-order valence-electron chi connectivity index (χ3n) is 3.68. The summed E-state index contributed by atoms with van der Waals surface area (Å²) in [5.74, 6) is 0. The maximum absolute atomic E-state index is 10.1. The molecular formula is C15H20N2O. The molecular weight excluding hydrogens is 224 g/mol. The Hall–Kier alpha value is -1.53. The second kappa shape index (κ2) is 5.88. The third kappa shape index (κ3) is 3.02. The Morgan fingerprint density at radius 1 is 1.28 bits per heavy atom. The quantitative estimate of drug-likeness (QED) is 0.786. The van der Waals surface area contributed by atoms with Crippen LogP contribution in [0, 0.1) is 18.3 Å². The van der Waals surface area contributed by atoms with Gasteiger partial charge in [-0.3, -0.25) is 0 Å². The first-order chi connectivity index (χ1) is 8.70. The minimum absolute atomic E-state index is 0.139. The molecule has 1 aliphatic carbocycles. The van der Waals surface area contributed by atoms with Crippen molar-refractivity contribution in [3.63, 3.8) is 0 Å². The van der Waals surface area contributed by atoms with Crippen LogP contribution in [0.1, 0.15) is 43.2 Å². The summed E-state index contributed by atoms with van der Waals surface area (Å²) in [5.41, 5.74) is 2.69. The van der Waals surface area contributed by atoms with E-state index in [0.717, 1.165) is 30.5 Å². The highest BCUT2D eigenvalue weighted by Gasteiger charge is 2.21. The monoisotopic (exact) mass is 244 g/mol. The van der Waals surface area contributed by atoms with Gasteiger partial charge in [-0.2, -0.15) is 5.26 Å². The van der Waals surface area contributed by atoms with Gasteiger partial charge < -0.3 is 10.4 Å². The highest BCUT2D eigenvalue weighted by molar-refractivity contribution is 5.52. The number of aliphatic hydroxyl groups is 1. The van der Waals surface area contributed by atoms with Crippen LogP contribution in [0.25, 0.3) is 0 Å². The molecule has 1 aromatic rings. The summed E-state index contributed by atoms with van der Waals surface area (Å²) in [4.78, 5) is 0. The van der Waals surface area contributed by atoms with Crippen molar-refractivity contribution in [2.24, 2.45) is 0 Å². The minimum atomic E-state index is -0.261. The number of nitrogens with one attached hydrogen (secondary N) is 1. The Labute approximate surface area is 108 Å². The molecule has 2 unspecified atom stereocenters. The molecule has 0 saturated heterocycles. The Kier molecular flexibility index (Phi) is 4.22. The van der Waals surface area contributed by atoms with Gasteiger partial charge in [-0.1, -0.05) is 19.3 Å². The molecule has 0 radical (unpaired) electrons. The van der Waals surface area contributed by atoms with Crippen LogP contribution in [0.15, 0.2) is 18.2 Å². The fraction of sp³-hybridized carbons (Fsp3) is 0.533. The van der Waals surface area contributed by atoms with Gasteiger partial charge in [0, 0.05) is 5.69 Å². The normalized spacial score (nSPS) is 24.1. The smallest absolute Gasteiger partial charge is 0.0994 e. The molecule has 1 saturated carbocycles. The molecule has 0 aromatic heterocycles. The van der Waals surface area contributed by atoms with Gasteiger partial charge >= 0.3 is 0 Å². The number of hydrogen-bond donors (Lipinski definition) is 2. The number of benzene rings is 1. The van der Waals surface area contributed by atoms with Crippen molar-refractivity contribution in [3.8, 4) is 6.07 Å². The molecule has 1 fully saturated rings. The number of aliphatic hydroxyl groups excluding tert-OH is 1. The lowest BCUT2D eigenvalue weighted by atomic mass is 10.0. The Morgan fingerprint density at radius 3 is 2.78 bits per heavy atom. The van der Waals surface area contributed by atoms with Crippen molar-refractivity contribution >= 4 is 5.69 Å². The van der Waals surface area contributed by atoms with E-state index in [-0.39, 0.29) is 12.1 Å². The predicted molar refractivity (Wildman–Crippen MR) is 72.4 cm³/mol. The zero-order chi connectivity index (χ0) is 13.0. The summed E-state index contributed by atoms with van der Waals surface area (Å²) in [6, 6.07) is 8.04. The number of hydrogen-bond acceptors (Lipinski definition) is 3. The maximum atomic E-state index is 10.1. The van der Waals surface area contributed by atoms with Crippen LogP contribution >= 0.6 is 0 Å². The van der Waals surface area contributed by atoms with Crippen LogP contribution in [-0.4, -0.2) is 17.3 Å². The van der Waals surface area contributed by atoms with E-state index in [1.165, 1.54) is 12.8 Å². The van der Waals surface area contributed by atoms with Crippen molar-refractivity contribution in [1.82, 2.24) is 0 Å². The van der Waals surface area contributed by atoms with Crippen molar-refractivity contribution in [1.29, 1.82) is 5.26 Å². The molecule has 1 aromatic carbocycles. The largest absolute Gasteiger partial charge is 0.391 e. The van der Waals surface area contributed by atoms with E-state index in [4.69, 9.17) is 5.26 Å². The van der Waals surface area contributed by atoms with Gasteiger partial charge in [0.05, 0.1) is 23.8 Å². The molecule has 3 heteroatoms. The summed E-state index contributed by atoms with van der Waals surface area (Å²) >= 11 is 0. The Morgan fingerprint density at radius 2 is 2.06 bits per heavy atom. The number of anilines is 1. The second-order valence-corrected chi connectivity index (χ2v) is 5.10. The summed E-state index contributed by atoms with van der Waals surface area (Å²) in [6.07, 6.45) is 5.13. The molecule has 0 amide bonds. The molecule has 2 rings (SSSR count). The lowest BCUT2D eigenvalue weighted by Gasteiger charge is -2.23. The molecule has 2 N–H and O–H groups in total. The van der Waals surface area contributed by atoms with Crippen molar-refractivity contribution in [3.05, 3.63) is 29.3 Å². The van der Waals surface area contributed by atoms with E-state index in [2.05, 4.69) is 11.4 Å². The molecule has 18 heavy (non-hydrogen) atoms. The zero-order valence-electron chi connectivity index (χ0n) is 10.8. The molecule has 0 bridgehead atoms. The van der Waals surface area contributed by atoms with Crippen LogP contribution in [0.5, 0.6) is 0 Å². The number of rotatable bonds is 2. The van der Waals surface area contributed by atoms with Gasteiger partial charge in [0.1, 0.15) is 0 Å². The van der Waals surface area contributed by atoms with Gasteiger partial charge in [0.2, 0.25) is 0 Å². The van der Waals surface area contributed by atoms with Crippen molar-refractivity contribution in [2.45, 2.75) is 51.2 Å². The van der Waals surface area contributed by atoms with E-state index in [0.29, 0.717) is 5.56 Å². The van der Waals surface area contributed by atoms with Crippen LogP contribution in [0.4, 0.5) is 5.69 Å². The van der Waals surface area contributed by atoms with E-state index in [1.54, 1.807) is 0 Å². The van der Waals surface area contributed by atoms with Gasteiger partial charge in [-0.05, 0) is 43.5 Å². The molecule has 1 aliphatic rings. The standard InChI is InChI=1S/C15H20N2O/c1-11-9-13(8-7-12(11)10-16)17-14-5-3-2-4-6-15(14)18/h7-9,14-15,17-18H,2-6H2,1H3. The Balaban J connectivity index is 2.08. The zero-order valence-corrected chi connectivity index (χ0v) is 10.8. The van der Waals surface area contributed by atoms with E-state index in [1.807, 2.05) is 25.1 Å². The van der Waals surface area contributed by atoms with Gasteiger partial charge in [-0.25, -0.2) is 0 Å². The first-order valence-electron chi connectivity index (χ1n) is 6.66. The van der Waals surface area contributed by atoms with Gasteiger partial charge in [-0.15, -0.1) is 0 Å². The van der Waals surface area contributed by atoms with Crippen LogP contribution < -0.4 is 5.32 Å². The lowest BCUT2D eigenvalue weighted by molar-refractivity contribution is 0.144. The number of aryl methyl sites for hydroxylation is 1. The van der Waals surface area contributed by atoms with Crippen LogP contribution in [0.3, 0.4) is 0 Å². The lowest BCUT2D eigenvalue weighted by Crippen LogP contribution is -2.32. The van der Waals surface area contributed by atoms with Crippen molar-refractivity contribution < 1.29 is 5.11 Å². The number of nitrogens with zero attached hydrogens (tertiary/aromatic N) is 1. The SMILES string of the molecule is Cc1cc(NC2CCCCCC2O)ccc1C#N. The van der Waals surface area contributed by atoms with E-state index < -0.39 is 0 Å². The maximum Gasteiger partial charge on any atom is 0.0994 e. The average Bonchev–Trinajstić information content (AvgIpc) is 2.55. The van der Waals surface area contributed by atoms with Crippen molar-refractivity contribution in [2.75, 3.05) is 5.32 Å². The molecule has 0 heterocycles. The summed E-state index contributed by atoms with van der Waals surface area (Å²) in [5, 5.41) is 22.4. The van der Waals surface area contributed by atoms with E-state index in [9.17, 15) is 5.11 Å². The molecule has 0 spiro atoms. The topological polar surface area (TPSA) is 56.0 Å². The molecule has 3 nitrogen and oxygen atoms in total. The first kappa shape index (κ1) is 12.9. The highest BCUT2D eigenvalue weighted by Crippen LogP contribution is 2.23. The molecule has 96 valence electrons. The van der Waals surface area contributed by atoms with Crippen LogP contribution in [-0.2, 0) is 0 Å². The highest BCUT2D eigenvalue weighted by atomic mass is 16.3. The third-order valence-corrected chi connectivity index (χ3v) is 3.68. The van der Waals surface area contributed by atoms with Crippen LogP contribution in [0.2, 0.25) is 0 Å². The summed E-state index contributed by atoms with van der Waals surface area (Å²) in [7, 11) is 0.